The van der Waals surface area contributed by atoms with E-state index in [2.05, 4.69) is 28.9 Å². The molecule has 2 heterocycles. The number of ether oxygens (including phenoxy) is 1. The van der Waals surface area contributed by atoms with Gasteiger partial charge in [-0.05, 0) is 30.7 Å². The van der Waals surface area contributed by atoms with Crippen LogP contribution in [-0.4, -0.2) is 18.2 Å². The SMILES string of the molecule is COc1ccc2c(c1)c(C)c1n2CNCC1. The van der Waals surface area contributed by atoms with Gasteiger partial charge in [-0.15, -0.1) is 0 Å². The van der Waals surface area contributed by atoms with E-state index in [1.54, 1.807) is 7.11 Å². The number of hydrogen-bond donors (Lipinski definition) is 1. The third-order valence-electron chi connectivity index (χ3n) is 3.47. The Morgan fingerprint density at radius 1 is 1.38 bits per heavy atom. The summed E-state index contributed by atoms with van der Waals surface area (Å²) in [6, 6.07) is 6.32. The zero-order valence-electron chi connectivity index (χ0n) is 9.71. The molecule has 16 heavy (non-hydrogen) atoms. The molecule has 0 fully saturated rings. The first kappa shape index (κ1) is 9.73. The van der Waals surface area contributed by atoms with E-state index in [9.17, 15) is 0 Å². The van der Waals surface area contributed by atoms with Gasteiger partial charge in [-0.2, -0.15) is 0 Å². The Kier molecular flexibility index (Phi) is 2.14. The van der Waals surface area contributed by atoms with Crippen molar-refractivity contribution in [1.29, 1.82) is 0 Å². The van der Waals surface area contributed by atoms with Gasteiger partial charge in [0.05, 0.1) is 13.8 Å². The van der Waals surface area contributed by atoms with Crippen LogP contribution < -0.4 is 10.1 Å². The Morgan fingerprint density at radius 3 is 3.06 bits per heavy atom. The summed E-state index contributed by atoms with van der Waals surface area (Å²) in [5, 5.41) is 4.72. The van der Waals surface area contributed by atoms with Gasteiger partial charge in [-0.3, -0.25) is 5.32 Å². The molecule has 0 unspecified atom stereocenters. The van der Waals surface area contributed by atoms with Gasteiger partial charge in [-0.1, -0.05) is 0 Å². The second-order valence-electron chi connectivity index (χ2n) is 4.29. The van der Waals surface area contributed by atoms with Crippen LogP contribution in [0.3, 0.4) is 0 Å². The first-order chi connectivity index (χ1) is 7.81. The smallest absolute Gasteiger partial charge is 0.119 e. The summed E-state index contributed by atoms with van der Waals surface area (Å²) in [6.45, 7) is 4.21. The number of aromatic nitrogens is 1. The van der Waals surface area contributed by atoms with Crippen LogP contribution in [0.5, 0.6) is 5.75 Å². The van der Waals surface area contributed by atoms with E-state index < -0.39 is 0 Å². The Morgan fingerprint density at radius 2 is 2.25 bits per heavy atom. The third kappa shape index (κ3) is 1.25. The molecule has 0 radical (unpaired) electrons. The highest BCUT2D eigenvalue weighted by Crippen LogP contribution is 2.29. The van der Waals surface area contributed by atoms with Gasteiger partial charge in [0.2, 0.25) is 0 Å². The minimum Gasteiger partial charge on any atom is -0.497 e. The maximum Gasteiger partial charge on any atom is 0.119 e. The Hall–Kier alpha value is -1.48. The summed E-state index contributed by atoms with van der Waals surface area (Å²) in [5.74, 6) is 0.937. The van der Waals surface area contributed by atoms with Crippen LogP contribution in [0.15, 0.2) is 18.2 Å². The van der Waals surface area contributed by atoms with Crippen molar-refractivity contribution in [3.8, 4) is 5.75 Å². The summed E-state index contributed by atoms with van der Waals surface area (Å²) in [4.78, 5) is 0. The number of benzene rings is 1. The number of hydrogen-bond acceptors (Lipinski definition) is 2. The summed E-state index contributed by atoms with van der Waals surface area (Å²) < 4.78 is 7.65. The molecule has 1 aromatic carbocycles. The lowest BCUT2D eigenvalue weighted by Crippen LogP contribution is -2.28. The predicted molar refractivity (Wildman–Crippen MR) is 64.9 cm³/mol. The molecule has 3 heteroatoms. The van der Waals surface area contributed by atoms with E-state index in [4.69, 9.17) is 4.74 Å². The molecular weight excluding hydrogens is 200 g/mol. The van der Waals surface area contributed by atoms with Crippen LogP contribution in [0.4, 0.5) is 0 Å². The average Bonchev–Trinajstić information content (AvgIpc) is 2.64. The number of aryl methyl sites for hydroxylation is 1. The highest BCUT2D eigenvalue weighted by Gasteiger charge is 2.16. The Balaban J connectivity index is 2.30. The fraction of sp³-hybridized carbons (Fsp3) is 0.385. The van der Waals surface area contributed by atoms with Crippen LogP contribution in [-0.2, 0) is 13.1 Å². The van der Waals surface area contributed by atoms with E-state index in [0.29, 0.717) is 0 Å². The minimum atomic E-state index is 0.923. The van der Waals surface area contributed by atoms with Crippen molar-refractivity contribution in [2.45, 2.75) is 20.0 Å². The van der Waals surface area contributed by atoms with Gasteiger partial charge in [0, 0.05) is 29.6 Å². The fourth-order valence-electron chi connectivity index (χ4n) is 2.58. The van der Waals surface area contributed by atoms with Crippen LogP contribution >= 0.6 is 0 Å². The molecule has 2 aromatic rings. The molecule has 0 aliphatic carbocycles. The van der Waals surface area contributed by atoms with Crippen LogP contribution in [0.1, 0.15) is 11.3 Å². The molecule has 84 valence electrons. The molecule has 0 spiro atoms. The van der Waals surface area contributed by atoms with Crippen LogP contribution in [0.2, 0.25) is 0 Å². The summed E-state index contributed by atoms with van der Waals surface area (Å²) in [5.41, 5.74) is 4.16. The summed E-state index contributed by atoms with van der Waals surface area (Å²) in [6.07, 6.45) is 1.11. The van der Waals surface area contributed by atoms with Gasteiger partial charge >= 0.3 is 0 Å². The minimum absolute atomic E-state index is 0.923. The lowest BCUT2D eigenvalue weighted by atomic mass is 10.1. The van der Waals surface area contributed by atoms with Crippen molar-refractivity contribution < 1.29 is 4.74 Å². The average molecular weight is 216 g/mol. The van der Waals surface area contributed by atoms with Crippen molar-refractivity contribution in [1.82, 2.24) is 9.88 Å². The number of nitrogens with zero attached hydrogens (tertiary/aromatic N) is 1. The van der Waals surface area contributed by atoms with Gasteiger partial charge in [0.25, 0.3) is 0 Å². The topological polar surface area (TPSA) is 26.2 Å². The number of methoxy groups -OCH3 is 1. The largest absolute Gasteiger partial charge is 0.497 e. The van der Waals surface area contributed by atoms with Crippen molar-refractivity contribution in [2.75, 3.05) is 13.7 Å². The zero-order chi connectivity index (χ0) is 11.1. The van der Waals surface area contributed by atoms with Gasteiger partial charge in [0.1, 0.15) is 5.75 Å². The molecule has 3 nitrogen and oxygen atoms in total. The predicted octanol–water partition coefficient (Wildman–Crippen LogP) is 2.06. The van der Waals surface area contributed by atoms with Crippen molar-refractivity contribution >= 4 is 10.9 Å². The van der Waals surface area contributed by atoms with E-state index >= 15 is 0 Å². The molecule has 1 aliphatic rings. The maximum atomic E-state index is 5.28. The number of nitrogens with one attached hydrogen (secondary N) is 1. The molecule has 0 bridgehead atoms. The van der Waals surface area contributed by atoms with Gasteiger partial charge in [-0.25, -0.2) is 0 Å². The van der Waals surface area contributed by atoms with E-state index in [1.165, 1.54) is 22.2 Å². The first-order valence-corrected chi connectivity index (χ1v) is 5.67. The monoisotopic (exact) mass is 216 g/mol. The highest BCUT2D eigenvalue weighted by molar-refractivity contribution is 5.86. The molecule has 3 rings (SSSR count). The van der Waals surface area contributed by atoms with Gasteiger partial charge in [0.15, 0.2) is 0 Å². The lowest BCUT2D eigenvalue weighted by Gasteiger charge is -2.18. The number of rotatable bonds is 1. The van der Waals surface area contributed by atoms with E-state index in [1.807, 2.05) is 6.07 Å². The molecule has 0 saturated heterocycles. The molecule has 0 saturated carbocycles. The first-order valence-electron chi connectivity index (χ1n) is 5.67. The maximum absolute atomic E-state index is 5.28. The molecule has 1 aliphatic heterocycles. The van der Waals surface area contributed by atoms with Crippen LogP contribution in [0.25, 0.3) is 10.9 Å². The van der Waals surface area contributed by atoms with Crippen LogP contribution in [0, 0.1) is 6.92 Å². The van der Waals surface area contributed by atoms with Crippen molar-refractivity contribution in [3.63, 3.8) is 0 Å². The Labute approximate surface area is 95.0 Å². The molecule has 0 atom stereocenters. The van der Waals surface area contributed by atoms with Crippen molar-refractivity contribution in [3.05, 3.63) is 29.5 Å². The van der Waals surface area contributed by atoms with E-state index in [0.717, 1.165) is 25.4 Å². The Bertz CT molecular complexity index is 542. The molecule has 0 amide bonds. The second-order valence-corrected chi connectivity index (χ2v) is 4.29. The van der Waals surface area contributed by atoms with Crippen molar-refractivity contribution in [2.24, 2.45) is 0 Å². The van der Waals surface area contributed by atoms with E-state index in [-0.39, 0.29) is 0 Å². The van der Waals surface area contributed by atoms with Gasteiger partial charge < -0.3 is 9.30 Å². The zero-order valence-corrected chi connectivity index (χ0v) is 9.71. The standard InChI is InChI=1S/C13H16N2O/c1-9-11-7-10(16-2)3-4-13(11)15-8-14-6-5-12(9)15/h3-4,7,14H,5-6,8H2,1-2H3. The third-order valence-corrected chi connectivity index (χ3v) is 3.47. The quantitative estimate of drug-likeness (QED) is 0.789. The molecule has 1 N–H and O–H groups in total. The second kappa shape index (κ2) is 3.52. The molecular formula is C13H16N2O. The normalized spacial score (nSPS) is 15.1. The summed E-state index contributed by atoms with van der Waals surface area (Å²) >= 11 is 0. The summed E-state index contributed by atoms with van der Waals surface area (Å²) in [7, 11) is 1.72. The fourth-order valence-corrected chi connectivity index (χ4v) is 2.58. The number of fused-ring (bicyclic) bond motifs is 3. The lowest BCUT2D eigenvalue weighted by molar-refractivity contribution is 0.415. The highest BCUT2D eigenvalue weighted by atomic mass is 16.5. The molecule has 1 aromatic heterocycles.